The third-order valence-electron chi connectivity index (χ3n) is 3.54. The van der Waals surface area contributed by atoms with Crippen molar-refractivity contribution in [3.63, 3.8) is 0 Å². The van der Waals surface area contributed by atoms with Crippen LogP contribution in [0.15, 0.2) is 30.3 Å². The molecule has 2 aromatic rings. The summed E-state index contributed by atoms with van der Waals surface area (Å²) in [5, 5.41) is 0.500. The van der Waals surface area contributed by atoms with E-state index in [1.807, 2.05) is 6.92 Å². The highest BCUT2D eigenvalue weighted by Crippen LogP contribution is 2.28. The summed E-state index contributed by atoms with van der Waals surface area (Å²) in [6.07, 6.45) is 0.911. The maximum Gasteiger partial charge on any atom is 0.534 e. The molecule has 28 heavy (non-hydrogen) atoms. The first-order valence-electron chi connectivity index (χ1n) is 8.38. The van der Waals surface area contributed by atoms with Crippen molar-refractivity contribution in [2.24, 2.45) is 0 Å². The number of rotatable bonds is 10. The van der Waals surface area contributed by atoms with Gasteiger partial charge >= 0.3 is 15.6 Å². The highest BCUT2D eigenvalue weighted by atomic mass is 32.2. The van der Waals surface area contributed by atoms with E-state index in [1.165, 1.54) is 18.2 Å². The highest BCUT2D eigenvalue weighted by molar-refractivity contribution is 7.87. The lowest BCUT2D eigenvalue weighted by Gasteiger charge is -2.16. The molecule has 1 unspecified atom stereocenters. The fourth-order valence-corrected chi connectivity index (χ4v) is 2.53. The number of hydrogen-bond donors (Lipinski definition) is 0. The molecule has 1 aromatic heterocycles. The zero-order valence-electron chi connectivity index (χ0n) is 14.9. The molecule has 0 N–H and O–H groups in total. The van der Waals surface area contributed by atoms with Gasteiger partial charge in [0.05, 0.1) is 12.1 Å². The minimum absolute atomic E-state index is 0.0366. The Kier molecular flexibility index (Phi) is 7.41. The van der Waals surface area contributed by atoms with E-state index in [4.69, 9.17) is 9.47 Å². The minimum atomic E-state index is -5.83. The van der Waals surface area contributed by atoms with Crippen LogP contribution in [-0.2, 0) is 14.9 Å². The Hall–Kier alpha value is -2.14. The van der Waals surface area contributed by atoms with Crippen molar-refractivity contribution < 1.29 is 39.6 Å². The summed E-state index contributed by atoms with van der Waals surface area (Å²) in [6, 6.07) is 6.77. The minimum Gasteiger partial charge on any atom is -0.485 e. The number of nitrogens with zero attached hydrogens (tertiary/aromatic N) is 1. The molecule has 1 aromatic carbocycles. The molecule has 156 valence electrons. The van der Waals surface area contributed by atoms with Gasteiger partial charge in [-0.05, 0) is 24.6 Å². The molecule has 11 heteroatoms. The second-order valence-electron chi connectivity index (χ2n) is 5.81. The van der Waals surface area contributed by atoms with Gasteiger partial charge in [0.15, 0.2) is 6.10 Å². The van der Waals surface area contributed by atoms with Crippen molar-refractivity contribution >= 4 is 21.0 Å². The van der Waals surface area contributed by atoms with Gasteiger partial charge in [0.25, 0.3) is 0 Å². The van der Waals surface area contributed by atoms with E-state index in [2.05, 4.69) is 9.17 Å². The monoisotopic (exact) mass is 425 g/mol. The molecule has 0 aliphatic heterocycles. The molecule has 0 bridgehead atoms. The predicted octanol–water partition coefficient (Wildman–Crippen LogP) is 4.00. The number of halogens is 4. The second kappa shape index (κ2) is 9.37. The van der Waals surface area contributed by atoms with E-state index in [1.54, 1.807) is 6.07 Å². The largest absolute Gasteiger partial charge is 0.534 e. The highest BCUT2D eigenvalue weighted by Gasteiger charge is 2.48. The predicted molar refractivity (Wildman–Crippen MR) is 93.5 cm³/mol. The molecule has 0 amide bonds. The zero-order valence-corrected chi connectivity index (χ0v) is 15.7. The van der Waals surface area contributed by atoms with Crippen molar-refractivity contribution in [3.8, 4) is 11.6 Å². The average molecular weight is 425 g/mol. The first-order valence-corrected chi connectivity index (χ1v) is 9.79. The van der Waals surface area contributed by atoms with Crippen molar-refractivity contribution in [3.05, 3.63) is 30.3 Å². The van der Waals surface area contributed by atoms with Gasteiger partial charge in [-0.2, -0.15) is 21.6 Å². The van der Waals surface area contributed by atoms with Crippen LogP contribution in [-0.4, -0.2) is 44.9 Å². The summed E-state index contributed by atoms with van der Waals surface area (Å²) >= 11 is 0. The Morgan fingerprint density at radius 1 is 1.18 bits per heavy atom. The smallest absolute Gasteiger partial charge is 0.485 e. The van der Waals surface area contributed by atoms with Gasteiger partial charge in [-0.3, -0.25) is 0 Å². The fraction of sp³-hybridized carbons (Fsp3) is 0.471. The molecule has 1 atom stereocenters. The van der Waals surface area contributed by atoms with Gasteiger partial charge in [0, 0.05) is 24.1 Å². The maximum atomic E-state index is 13.1. The molecule has 0 saturated carbocycles. The first-order chi connectivity index (χ1) is 13.2. The third kappa shape index (κ3) is 5.93. The number of aromatic nitrogens is 1. The van der Waals surface area contributed by atoms with Gasteiger partial charge in [0.2, 0.25) is 5.88 Å². The number of unbranched alkanes of at least 4 members (excludes halogenated alkanes) is 1. The van der Waals surface area contributed by atoms with Gasteiger partial charge in [-0.15, -0.1) is 0 Å². The van der Waals surface area contributed by atoms with Crippen LogP contribution < -0.4 is 8.92 Å². The van der Waals surface area contributed by atoms with Crippen LogP contribution in [0.2, 0.25) is 0 Å². The van der Waals surface area contributed by atoms with E-state index in [0.717, 1.165) is 18.9 Å². The topological polar surface area (TPSA) is 74.7 Å². The quantitative estimate of drug-likeness (QED) is 0.248. The summed E-state index contributed by atoms with van der Waals surface area (Å²) in [7, 11) is -5.83. The summed E-state index contributed by atoms with van der Waals surface area (Å²) in [6.45, 7) is 1.70. The SMILES string of the molecule is CCCCOCC(CF)Oc1ccc2ccc(OS(=O)(=O)C(F)(F)F)nc2c1. The van der Waals surface area contributed by atoms with Crippen LogP contribution in [0.1, 0.15) is 19.8 Å². The van der Waals surface area contributed by atoms with Crippen LogP contribution >= 0.6 is 0 Å². The van der Waals surface area contributed by atoms with E-state index in [9.17, 15) is 26.0 Å². The number of ether oxygens (including phenoxy) is 2. The summed E-state index contributed by atoms with van der Waals surface area (Å²) < 4.78 is 87.3. The Morgan fingerprint density at radius 3 is 2.54 bits per heavy atom. The van der Waals surface area contributed by atoms with Crippen molar-refractivity contribution in [2.75, 3.05) is 19.9 Å². The summed E-state index contributed by atoms with van der Waals surface area (Å²) in [5.74, 6) is -0.538. The molecule has 1 heterocycles. The van der Waals surface area contributed by atoms with Gasteiger partial charge in [-0.1, -0.05) is 13.3 Å². The first kappa shape index (κ1) is 22.2. The standard InChI is InChI=1S/C17H19F4NO5S/c1-2-3-8-25-11-14(10-18)26-13-6-4-12-5-7-16(22-15(12)9-13)27-28(23,24)17(19,20)21/h4-7,9,14H,2-3,8,10-11H2,1H3. The van der Waals surface area contributed by atoms with E-state index >= 15 is 0 Å². The third-order valence-corrected chi connectivity index (χ3v) is 4.49. The van der Waals surface area contributed by atoms with Crippen LogP contribution in [0.25, 0.3) is 10.9 Å². The number of pyridine rings is 1. The number of alkyl halides is 4. The Morgan fingerprint density at radius 2 is 1.89 bits per heavy atom. The van der Waals surface area contributed by atoms with Crippen LogP contribution in [0, 0.1) is 0 Å². The Labute approximate surface area is 159 Å². The molecule has 0 saturated heterocycles. The Balaban J connectivity index is 2.15. The van der Waals surface area contributed by atoms with Crippen molar-refractivity contribution in [1.82, 2.24) is 4.98 Å². The van der Waals surface area contributed by atoms with Gasteiger partial charge in [0.1, 0.15) is 12.4 Å². The lowest BCUT2D eigenvalue weighted by Crippen LogP contribution is -2.28. The second-order valence-corrected chi connectivity index (χ2v) is 7.35. The average Bonchev–Trinajstić information content (AvgIpc) is 2.62. The van der Waals surface area contributed by atoms with E-state index < -0.39 is 34.3 Å². The molecule has 0 fully saturated rings. The number of benzene rings is 1. The molecule has 6 nitrogen and oxygen atoms in total. The maximum absolute atomic E-state index is 13.1. The van der Waals surface area contributed by atoms with Crippen LogP contribution in [0.3, 0.4) is 0 Å². The van der Waals surface area contributed by atoms with E-state index in [0.29, 0.717) is 12.0 Å². The molecular weight excluding hydrogens is 406 g/mol. The van der Waals surface area contributed by atoms with Crippen molar-refractivity contribution in [1.29, 1.82) is 0 Å². The lowest BCUT2D eigenvalue weighted by molar-refractivity contribution is -0.0501. The van der Waals surface area contributed by atoms with Crippen LogP contribution in [0.5, 0.6) is 11.6 Å². The summed E-state index contributed by atoms with van der Waals surface area (Å²) in [4.78, 5) is 3.75. The van der Waals surface area contributed by atoms with Gasteiger partial charge < -0.3 is 13.7 Å². The molecule has 0 spiro atoms. The molecule has 0 radical (unpaired) electrons. The van der Waals surface area contributed by atoms with Crippen LogP contribution in [0.4, 0.5) is 17.6 Å². The fourth-order valence-electron chi connectivity index (χ4n) is 2.12. The van der Waals surface area contributed by atoms with Crippen molar-refractivity contribution in [2.45, 2.75) is 31.4 Å². The number of fused-ring (bicyclic) bond motifs is 1. The molecule has 0 aliphatic carbocycles. The lowest BCUT2D eigenvalue weighted by atomic mass is 10.2. The molecule has 2 rings (SSSR count). The number of hydrogen-bond acceptors (Lipinski definition) is 6. The molecule has 0 aliphatic rings. The normalized spacial score (nSPS) is 13.5. The zero-order chi connectivity index (χ0) is 20.8. The molecular formula is C17H19F4NO5S. The van der Waals surface area contributed by atoms with Gasteiger partial charge in [-0.25, -0.2) is 9.37 Å². The Bertz CT molecular complexity index is 889. The van der Waals surface area contributed by atoms with E-state index in [-0.39, 0.29) is 17.9 Å². The summed E-state index contributed by atoms with van der Waals surface area (Å²) in [5.41, 5.74) is -5.45.